The van der Waals surface area contributed by atoms with Crippen LogP contribution in [0.2, 0.25) is 0 Å². The number of nitrogen functional groups attached to an aromatic ring is 1. The van der Waals surface area contributed by atoms with Crippen LogP contribution in [0.4, 0.5) is 24.8 Å². The molecule has 0 radical (unpaired) electrons. The van der Waals surface area contributed by atoms with Gasteiger partial charge in [-0.05, 0) is 36.4 Å². The van der Waals surface area contributed by atoms with Crippen LogP contribution >= 0.6 is 0 Å². The Bertz CT molecular complexity index is 1410. The summed E-state index contributed by atoms with van der Waals surface area (Å²) in [7, 11) is -2.16. The average molecular weight is 507 g/mol. The number of hydrogen-bond acceptors (Lipinski definition) is 8. The van der Waals surface area contributed by atoms with Gasteiger partial charge in [0.15, 0.2) is 5.82 Å². The highest BCUT2D eigenvalue weighted by Gasteiger charge is 2.31. The number of allylic oxidation sites excluding steroid dienone is 1. The van der Waals surface area contributed by atoms with Gasteiger partial charge in [0.25, 0.3) is 10.0 Å². The molecule has 0 aliphatic heterocycles. The second-order valence-corrected chi connectivity index (χ2v) is 8.83. The number of sulfonamides is 1. The number of aliphatic imine (C=N–C) groups is 1. The van der Waals surface area contributed by atoms with Crippen LogP contribution in [-0.2, 0) is 14.8 Å². The molecule has 0 atom stereocenters. The topological polar surface area (TPSA) is 137 Å². The highest BCUT2D eigenvalue weighted by atomic mass is 32.2. The molecule has 4 N–H and O–H groups in total. The van der Waals surface area contributed by atoms with E-state index in [9.17, 15) is 17.2 Å². The van der Waals surface area contributed by atoms with Crippen LogP contribution in [0, 0.1) is 17.5 Å². The second kappa shape index (κ2) is 10.5. The van der Waals surface area contributed by atoms with Crippen molar-refractivity contribution in [2.24, 2.45) is 10.7 Å². The molecule has 184 valence electrons. The van der Waals surface area contributed by atoms with E-state index in [1.54, 1.807) is 0 Å². The molecule has 0 aliphatic rings. The smallest absolute Gasteiger partial charge is 0.269 e. The Morgan fingerprint density at radius 2 is 1.94 bits per heavy atom. The van der Waals surface area contributed by atoms with Gasteiger partial charge in [0.2, 0.25) is 5.95 Å². The Labute approximate surface area is 199 Å². The minimum atomic E-state index is -4.79. The first-order chi connectivity index (χ1) is 16.6. The molecule has 0 bridgehead atoms. The Hall–Kier alpha value is -3.97. The van der Waals surface area contributed by atoms with E-state index in [0.717, 1.165) is 19.2 Å². The summed E-state index contributed by atoms with van der Waals surface area (Å²) in [6.45, 7) is -0.700. The third kappa shape index (κ3) is 5.25. The first kappa shape index (κ1) is 25.6. The Morgan fingerprint density at radius 3 is 2.60 bits per heavy atom. The summed E-state index contributed by atoms with van der Waals surface area (Å²) in [5.41, 5.74) is 11.5. The molecule has 1 aromatic heterocycles. The number of ether oxygens (including phenoxy) is 1. The number of methoxy groups -OCH3 is 1. The number of nitrogens with two attached hydrogens (primary N) is 2. The fraction of sp³-hybridized carbons (Fsp3) is 0.136. The third-order valence-corrected chi connectivity index (χ3v) is 6.49. The van der Waals surface area contributed by atoms with E-state index in [2.05, 4.69) is 15.0 Å². The largest absolute Gasteiger partial charge is 0.398 e. The summed E-state index contributed by atoms with van der Waals surface area (Å²) in [5, 5.41) is 0. The van der Waals surface area contributed by atoms with Gasteiger partial charge in [-0.25, -0.2) is 35.9 Å². The lowest BCUT2D eigenvalue weighted by atomic mass is 10.0. The molecule has 1 heterocycles. The molecule has 0 aliphatic carbocycles. The quantitative estimate of drug-likeness (QED) is 0.354. The van der Waals surface area contributed by atoms with Crippen molar-refractivity contribution in [3.05, 3.63) is 77.4 Å². The summed E-state index contributed by atoms with van der Waals surface area (Å²) >= 11 is 0. The van der Waals surface area contributed by atoms with Crippen LogP contribution in [0.1, 0.15) is 11.3 Å². The first-order valence-electron chi connectivity index (χ1n) is 9.88. The van der Waals surface area contributed by atoms with E-state index in [0.29, 0.717) is 16.4 Å². The minimum Gasteiger partial charge on any atom is -0.398 e. The van der Waals surface area contributed by atoms with Gasteiger partial charge in [0.1, 0.15) is 23.3 Å². The Kier molecular flexibility index (Phi) is 7.71. The molecule has 35 heavy (non-hydrogen) atoms. The van der Waals surface area contributed by atoms with Crippen molar-refractivity contribution in [2.75, 3.05) is 30.9 Å². The zero-order chi connectivity index (χ0) is 25.8. The maximum Gasteiger partial charge on any atom is 0.269 e. The summed E-state index contributed by atoms with van der Waals surface area (Å²) in [6, 6.07) is 7.19. The number of rotatable bonds is 8. The number of aromatic nitrogens is 2. The molecule has 3 rings (SSSR count). The van der Waals surface area contributed by atoms with Crippen molar-refractivity contribution >= 4 is 39.1 Å². The van der Waals surface area contributed by atoms with Gasteiger partial charge in [-0.2, -0.15) is 0 Å². The van der Waals surface area contributed by atoms with E-state index in [1.807, 2.05) is 0 Å². The molecule has 0 spiro atoms. The van der Waals surface area contributed by atoms with E-state index >= 15 is 4.39 Å². The van der Waals surface area contributed by atoms with E-state index in [1.165, 1.54) is 37.7 Å². The van der Waals surface area contributed by atoms with Crippen molar-refractivity contribution in [3.63, 3.8) is 0 Å². The number of nitrogens with zero attached hydrogens (tertiary/aromatic N) is 4. The van der Waals surface area contributed by atoms with Gasteiger partial charge in [-0.3, -0.25) is 4.99 Å². The van der Waals surface area contributed by atoms with Gasteiger partial charge in [0, 0.05) is 37.7 Å². The van der Waals surface area contributed by atoms with E-state index in [4.69, 9.17) is 16.2 Å². The third-order valence-electron chi connectivity index (χ3n) is 4.74. The molecule has 3 aromatic rings. The van der Waals surface area contributed by atoms with Crippen LogP contribution < -0.4 is 15.8 Å². The van der Waals surface area contributed by atoms with Crippen LogP contribution in [0.15, 0.2) is 58.5 Å². The van der Waals surface area contributed by atoms with Crippen LogP contribution in [0.5, 0.6) is 0 Å². The maximum atomic E-state index is 15.8. The molecular weight excluding hydrogens is 485 g/mol. The molecular formula is C22H21F3N6O3S. The summed E-state index contributed by atoms with van der Waals surface area (Å²) < 4.78 is 75.6. The predicted molar refractivity (Wildman–Crippen MR) is 126 cm³/mol. The van der Waals surface area contributed by atoms with Crippen molar-refractivity contribution in [2.45, 2.75) is 4.90 Å². The lowest BCUT2D eigenvalue weighted by Crippen LogP contribution is -2.34. The van der Waals surface area contributed by atoms with Gasteiger partial charge < -0.3 is 16.2 Å². The first-order valence-corrected chi connectivity index (χ1v) is 11.3. The van der Waals surface area contributed by atoms with Crippen molar-refractivity contribution in [1.29, 1.82) is 0 Å². The molecule has 0 saturated carbocycles. The van der Waals surface area contributed by atoms with Crippen molar-refractivity contribution in [1.82, 2.24) is 9.97 Å². The standard InChI is InChI=1S/C22H21F3N6O3S/c1-28-11-15(17-8-9-29-22(27)30-17)21(26)14-4-3-5-18(20(14)25)31(12-34-2)35(32,33)19-10-13(23)6-7-16(19)24/h3-11H,12,26H2,1-2H3,(H2,27,29,30). The molecule has 9 nitrogen and oxygen atoms in total. The molecule has 0 amide bonds. The number of hydrogen-bond donors (Lipinski definition) is 2. The highest BCUT2D eigenvalue weighted by Crippen LogP contribution is 2.32. The maximum absolute atomic E-state index is 15.8. The number of halogens is 3. The fourth-order valence-corrected chi connectivity index (χ4v) is 4.63. The second-order valence-electron chi connectivity index (χ2n) is 7.00. The molecule has 0 saturated heterocycles. The van der Waals surface area contributed by atoms with Gasteiger partial charge >= 0.3 is 0 Å². The molecule has 2 aromatic carbocycles. The number of benzene rings is 2. The van der Waals surface area contributed by atoms with Gasteiger partial charge in [-0.1, -0.05) is 6.07 Å². The minimum absolute atomic E-state index is 0.0546. The Morgan fingerprint density at radius 1 is 1.20 bits per heavy atom. The zero-order valence-electron chi connectivity index (χ0n) is 18.6. The molecule has 0 fully saturated rings. The highest BCUT2D eigenvalue weighted by molar-refractivity contribution is 7.92. The number of anilines is 2. The SMILES string of the molecule is CN=CC(=C(N)c1cccc(N(COC)S(=O)(=O)c2cc(F)ccc2F)c1F)c1ccnc(N)n1. The normalized spacial score (nSPS) is 12.6. The van der Waals surface area contributed by atoms with Crippen LogP contribution in [-0.4, -0.2) is 45.5 Å². The Balaban J connectivity index is 2.22. The molecule has 13 heteroatoms. The van der Waals surface area contributed by atoms with Gasteiger partial charge in [0.05, 0.1) is 17.1 Å². The predicted octanol–water partition coefficient (Wildman–Crippen LogP) is 2.80. The van der Waals surface area contributed by atoms with Crippen LogP contribution in [0.3, 0.4) is 0 Å². The lowest BCUT2D eigenvalue weighted by molar-refractivity contribution is 0.209. The van der Waals surface area contributed by atoms with E-state index in [-0.39, 0.29) is 28.5 Å². The average Bonchev–Trinajstić information content (AvgIpc) is 2.82. The fourth-order valence-electron chi connectivity index (χ4n) is 3.17. The summed E-state index contributed by atoms with van der Waals surface area (Å²) in [6.07, 6.45) is 2.71. The van der Waals surface area contributed by atoms with Gasteiger partial charge in [-0.15, -0.1) is 0 Å². The van der Waals surface area contributed by atoms with Crippen molar-refractivity contribution in [3.8, 4) is 0 Å². The molecule has 0 unspecified atom stereocenters. The van der Waals surface area contributed by atoms with E-state index < -0.39 is 44.8 Å². The van der Waals surface area contributed by atoms with Crippen molar-refractivity contribution < 1.29 is 26.3 Å². The monoisotopic (exact) mass is 506 g/mol. The lowest BCUT2D eigenvalue weighted by Gasteiger charge is -2.25. The van der Waals surface area contributed by atoms with Crippen LogP contribution in [0.25, 0.3) is 11.3 Å². The summed E-state index contributed by atoms with van der Waals surface area (Å²) in [5.74, 6) is -3.32. The zero-order valence-corrected chi connectivity index (χ0v) is 19.4. The summed E-state index contributed by atoms with van der Waals surface area (Å²) in [4.78, 5) is 10.8.